The third kappa shape index (κ3) is 3.78. The van der Waals surface area contributed by atoms with E-state index in [1.54, 1.807) is 42.5 Å². The molecule has 0 aliphatic carbocycles. The molecule has 1 aromatic heterocycles. The highest BCUT2D eigenvalue weighted by Gasteiger charge is 2.19. The standard InChI is InChI=1S/C19H16N4O5/c24-17(12-4-2-1-3-5-12)20-8-9-21-18(25)19-22-16(23-28-19)13-6-7-14-15(10-13)27-11-26-14/h1-7,10H,8-9,11H2,(H,20,24)(H,21,25). The minimum atomic E-state index is -0.520. The molecule has 0 atom stereocenters. The molecule has 1 aliphatic heterocycles. The molecule has 9 nitrogen and oxygen atoms in total. The zero-order valence-electron chi connectivity index (χ0n) is 14.7. The van der Waals surface area contributed by atoms with Gasteiger partial charge in [-0.15, -0.1) is 0 Å². The smallest absolute Gasteiger partial charge is 0.316 e. The number of carbonyl (C=O) groups is 2. The van der Waals surface area contributed by atoms with Crippen molar-refractivity contribution < 1.29 is 23.6 Å². The number of nitrogens with one attached hydrogen (secondary N) is 2. The maximum absolute atomic E-state index is 12.1. The minimum absolute atomic E-state index is 0.165. The number of rotatable bonds is 6. The molecule has 1 aliphatic rings. The third-order valence-corrected chi connectivity index (χ3v) is 3.98. The Hall–Kier alpha value is -3.88. The summed E-state index contributed by atoms with van der Waals surface area (Å²) in [5.74, 6) is 0.597. The van der Waals surface area contributed by atoms with Crippen LogP contribution in [0, 0.1) is 0 Å². The lowest BCUT2D eigenvalue weighted by Crippen LogP contribution is -2.34. The summed E-state index contributed by atoms with van der Waals surface area (Å²) in [5.41, 5.74) is 1.20. The van der Waals surface area contributed by atoms with Crippen molar-refractivity contribution in [2.45, 2.75) is 0 Å². The molecular formula is C19H16N4O5. The monoisotopic (exact) mass is 380 g/mol. The first-order valence-electron chi connectivity index (χ1n) is 8.56. The van der Waals surface area contributed by atoms with Crippen LogP contribution in [-0.4, -0.2) is 41.8 Å². The highest BCUT2D eigenvalue weighted by molar-refractivity contribution is 5.94. The Balaban J connectivity index is 1.29. The van der Waals surface area contributed by atoms with Gasteiger partial charge in [-0.1, -0.05) is 23.4 Å². The molecule has 0 radical (unpaired) electrons. The van der Waals surface area contributed by atoms with Crippen LogP contribution in [0.5, 0.6) is 11.5 Å². The second kappa shape index (κ2) is 7.78. The largest absolute Gasteiger partial charge is 0.454 e. The molecule has 0 unspecified atom stereocenters. The van der Waals surface area contributed by atoms with Crippen LogP contribution in [0.4, 0.5) is 0 Å². The van der Waals surface area contributed by atoms with Gasteiger partial charge in [-0.2, -0.15) is 4.98 Å². The van der Waals surface area contributed by atoms with Gasteiger partial charge in [0, 0.05) is 24.2 Å². The van der Waals surface area contributed by atoms with E-state index in [9.17, 15) is 9.59 Å². The fraction of sp³-hybridized carbons (Fsp3) is 0.158. The average molecular weight is 380 g/mol. The number of fused-ring (bicyclic) bond motifs is 1. The number of nitrogens with zero attached hydrogens (tertiary/aromatic N) is 2. The van der Waals surface area contributed by atoms with Crippen LogP contribution >= 0.6 is 0 Å². The van der Waals surface area contributed by atoms with Gasteiger partial charge in [-0.05, 0) is 30.3 Å². The number of benzene rings is 2. The van der Waals surface area contributed by atoms with Crippen molar-refractivity contribution in [1.82, 2.24) is 20.8 Å². The number of hydrogen-bond acceptors (Lipinski definition) is 7. The van der Waals surface area contributed by atoms with E-state index in [4.69, 9.17) is 14.0 Å². The second-order valence-corrected chi connectivity index (χ2v) is 5.87. The Bertz CT molecular complexity index is 1000. The van der Waals surface area contributed by atoms with Crippen molar-refractivity contribution in [1.29, 1.82) is 0 Å². The van der Waals surface area contributed by atoms with Gasteiger partial charge in [-0.25, -0.2) is 0 Å². The summed E-state index contributed by atoms with van der Waals surface area (Å²) in [7, 11) is 0. The van der Waals surface area contributed by atoms with Gasteiger partial charge < -0.3 is 24.6 Å². The number of carbonyl (C=O) groups excluding carboxylic acids is 2. The summed E-state index contributed by atoms with van der Waals surface area (Å²) in [4.78, 5) is 28.1. The molecule has 2 amide bonds. The number of hydrogen-bond donors (Lipinski definition) is 2. The van der Waals surface area contributed by atoms with Crippen LogP contribution in [0.2, 0.25) is 0 Å². The summed E-state index contributed by atoms with van der Waals surface area (Å²) in [5, 5.41) is 9.15. The highest BCUT2D eigenvalue weighted by Crippen LogP contribution is 2.35. The topological polar surface area (TPSA) is 116 Å². The lowest BCUT2D eigenvalue weighted by Gasteiger charge is -2.05. The number of aromatic nitrogens is 2. The van der Waals surface area contributed by atoms with Gasteiger partial charge in [0.2, 0.25) is 12.6 Å². The fourth-order valence-electron chi connectivity index (χ4n) is 2.59. The van der Waals surface area contributed by atoms with E-state index in [0.29, 0.717) is 22.6 Å². The van der Waals surface area contributed by atoms with Gasteiger partial charge in [0.25, 0.3) is 5.91 Å². The van der Waals surface area contributed by atoms with Gasteiger partial charge >= 0.3 is 11.8 Å². The molecule has 2 heterocycles. The van der Waals surface area contributed by atoms with E-state index in [-0.39, 0.29) is 37.5 Å². The van der Waals surface area contributed by atoms with Crippen molar-refractivity contribution in [2.24, 2.45) is 0 Å². The first-order chi connectivity index (χ1) is 13.7. The summed E-state index contributed by atoms with van der Waals surface area (Å²) >= 11 is 0. The van der Waals surface area contributed by atoms with Gasteiger partial charge in [0.15, 0.2) is 11.5 Å². The van der Waals surface area contributed by atoms with Crippen LogP contribution in [0.3, 0.4) is 0 Å². The number of ether oxygens (including phenoxy) is 2. The Labute approximate surface area is 159 Å². The Morgan fingerprint density at radius 2 is 1.68 bits per heavy atom. The molecule has 0 bridgehead atoms. The number of amides is 2. The first-order valence-corrected chi connectivity index (χ1v) is 8.56. The molecule has 142 valence electrons. The summed E-state index contributed by atoms with van der Waals surface area (Å²) < 4.78 is 15.6. The van der Waals surface area contributed by atoms with E-state index >= 15 is 0 Å². The van der Waals surface area contributed by atoms with Crippen molar-refractivity contribution in [2.75, 3.05) is 19.9 Å². The molecule has 3 aromatic rings. The fourth-order valence-corrected chi connectivity index (χ4v) is 2.59. The lowest BCUT2D eigenvalue weighted by atomic mass is 10.2. The van der Waals surface area contributed by atoms with Gasteiger partial charge in [0.05, 0.1) is 0 Å². The van der Waals surface area contributed by atoms with Crippen LogP contribution in [0.15, 0.2) is 53.1 Å². The zero-order valence-corrected chi connectivity index (χ0v) is 14.7. The van der Waals surface area contributed by atoms with Gasteiger partial charge in [-0.3, -0.25) is 9.59 Å². The molecule has 0 saturated heterocycles. The zero-order chi connectivity index (χ0) is 19.3. The van der Waals surface area contributed by atoms with Crippen LogP contribution in [0.25, 0.3) is 11.4 Å². The normalized spacial score (nSPS) is 11.9. The molecule has 2 N–H and O–H groups in total. The Kier molecular flexibility index (Phi) is 4.87. The van der Waals surface area contributed by atoms with Crippen molar-refractivity contribution in [3.63, 3.8) is 0 Å². The SMILES string of the molecule is O=C(NCCNC(=O)c1nc(-c2ccc3c(c2)OCO3)no1)c1ccccc1. The molecule has 0 saturated carbocycles. The van der Waals surface area contributed by atoms with E-state index in [1.165, 1.54) is 0 Å². The summed E-state index contributed by atoms with van der Waals surface area (Å²) in [6.45, 7) is 0.654. The maximum Gasteiger partial charge on any atom is 0.316 e. The van der Waals surface area contributed by atoms with Crippen LogP contribution in [0.1, 0.15) is 21.0 Å². The van der Waals surface area contributed by atoms with E-state index < -0.39 is 5.91 Å². The van der Waals surface area contributed by atoms with Crippen LogP contribution < -0.4 is 20.1 Å². The first kappa shape index (κ1) is 17.5. The van der Waals surface area contributed by atoms with Crippen molar-refractivity contribution in [3.8, 4) is 22.9 Å². The Morgan fingerprint density at radius 1 is 0.929 bits per heavy atom. The predicted molar refractivity (Wildman–Crippen MR) is 97.0 cm³/mol. The van der Waals surface area contributed by atoms with E-state index in [1.807, 2.05) is 6.07 Å². The van der Waals surface area contributed by atoms with E-state index in [0.717, 1.165) is 0 Å². The lowest BCUT2D eigenvalue weighted by molar-refractivity contribution is 0.0898. The van der Waals surface area contributed by atoms with E-state index in [2.05, 4.69) is 20.8 Å². The summed E-state index contributed by atoms with van der Waals surface area (Å²) in [6.07, 6.45) is 0. The molecular weight excluding hydrogens is 364 g/mol. The predicted octanol–water partition coefficient (Wildman–Crippen LogP) is 1.63. The summed E-state index contributed by atoms with van der Waals surface area (Å²) in [6, 6.07) is 14.0. The second-order valence-electron chi connectivity index (χ2n) is 5.87. The Morgan fingerprint density at radius 3 is 2.50 bits per heavy atom. The van der Waals surface area contributed by atoms with Gasteiger partial charge in [0.1, 0.15) is 0 Å². The highest BCUT2D eigenvalue weighted by atomic mass is 16.7. The maximum atomic E-state index is 12.1. The third-order valence-electron chi connectivity index (χ3n) is 3.98. The molecule has 2 aromatic carbocycles. The molecule has 28 heavy (non-hydrogen) atoms. The molecule has 9 heteroatoms. The average Bonchev–Trinajstić information content (AvgIpc) is 3.40. The molecule has 0 fully saturated rings. The molecule has 4 rings (SSSR count). The quantitative estimate of drug-likeness (QED) is 0.624. The molecule has 0 spiro atoms. The van der Waals surface area contributed by atoms with Crippen molar-refractivity contribution >= 4 is 11.8 Å². The van der Waals surface area contributed by atoms with Crippen molar-refractivity contribution in [3.05, 3.63) is 60.0 Å². The minimum Gasteiger partial charge on any atom is -0.454 e. The van der Waals surface area contributed by atoms with Crippen LogP contribution in [-0.2, 0) is 0 Å².